The number of rotatable bonds is 17. The molecule has 2 rings (SSSR count). The highest BCUT2D eigenvalue weighted by atomic mass is 16.5. The van der Waals surface area contributed by atoms with E-state index in [0.717, 1.165) is 48.9 Å². The topological polar surface area (TPSA) is 44.2 Å². The van der Waals surface area contributed by atoms with Crippen molar-refractivity contribution in [2.75, 3.05) is 13.2 Å². The Morgan fingerprint density at radius 1 is 0.567 bits per heavy atom. The Hall–Kier alpha value is -2.10. The minimum absolute atomic E-state index is 0.754. The summed E-state index contributed by atoms with van der Waals surface area (Å²) in [6.07, 6.45) is 18.8. The Bertz CT molecular complexity index is 631. The molecule has 166 valence electrons. The van der Waals surface area contributed by atoms with Gasteiger partial charge < -0.3 is 9.47 Å². The zero-order valence-electron chi connectivity index (χ0n) is 19.1. The molecule has 4 heteroatoms. The van der Waals surface area contributed by atoms with Gasteiger partial charge in [0.1, 0.15) is 11.5 Å². The van der Waals surface area contributed by atoms with Gasteiger partial charge in [0.2, 0.25) is 0 Å². The quantitative estimate of drug-likeness (QED) is 0.251. The summed E-state index contributed by atoms with van der Waals surface area (Å²) >= 11 is 0. The number of ether oxygens (including phenoxy) is 2. The average molecular weight is 413 g/mol. The maximum absolute atomic E-state index is 5.93. The second kappa shape index (κ2) is 15.7. The Morgan fingerprint density at radius 3 is 1.40 bits per heavy atom. The van der Waals surface area contributed by atoms with Gasteiger partial charge in [0.05, 0.1) is 24.6 Å². The third-order valence-electron chi connectivity index (χ3n) is 5.26. The highest BCUT2D eigenvalue weighted by molar-refractivity contribution is 5.57. The summed E-state index contributed by atoms with van der Waals surface area (Å²) in [5.74, 6) is 1.71. The molecule has 2 heterocycles. The molecular formula is C26H40N2O2. The molecule has 0 saturated carbocycles. The molecule has 0 fully saturated rings. The van der Waals surface area contributed by atoms with Gasteiger partial charge in [0.15, 0.2) is 0 Å². The molecule has 2 aromatic heterocycles. The van der Waals surface area contributed by atoms with Crippen LogP contribution in [0.1, 0.15) is 90.9 Å². The maximum atomic E-state index is 5.93. The van der Waals surface area contributed by atoms with Crippen LogP contribution in [-0.4, -0.2) is 23.2 Å². The number of nitrogens with zero attached hydrogens (tertiary/aromatic N) is 2. The first-order valence-electron chi connectivity index (χ1n) is 12.0. The van der Waals surface area contributed by atoms with E-state index in [1.807, 2.05) is 24.3 Å². The van der Waals surface area contributed by atoms with Crippen LogP contribution in [0.2, 0.25) is 0 Å². The Morgan fingerprint density at radius 2 is 0.967 bits per heavy atom. The van der Waals surface area contributed by atoms with E-state index < -0.39 is 0 Å². The van der Waals surface area contributed by atoms with E-state index in [-0.39, 0.29) is 0 Å². The molecule has 0 bridgehead atoms. The van der Waals surface area contributed by atoms with Gasteiger partial charge in [0.25, 0.3) is 0 Å². The lowest BCUT2D eigenvalue weighted by Crippen LogP contribution is -1.99. The second-order valence-electron chi connectivity index (χ2n) is 7.99. The third kappa shape index (κ3) is 10.1. The Balaban J connectivity index is 1.76. The van der Waals surface area contributed by atoms with Crippen molar-refractivity contribution in [1.29, 1.82) is 0 Å². The fourth-order valence-electron chi connectivity index (χ4n) is 3.43. The first kappa shape index (κ1) is 24.2. The Kier molecular flexibility index (Phi) is 12.7. The first-order valence-corrected chi connectivity index (χ1v) is 12.0. The van der Waals surface area contributed by atoms with E-state index in [4.69, 9.17) is 9.47 Å². The van der Waals surface area contributed by atoms with E-state index in [2.05, 4.69) is 23.8 Å². The van der Waals surface area contributed by atoms with Crippen molar-refractivity contribution in [2.24, 2.45) is 0 Å². The highest BCUT2D eigenvalue weighted by Crippen LogP contribution is 2.23. The van der Waals surface area contributed by atoms with Crippen LogP contribution in [0.3, 0.4) is 0 Å². The molecule has 0 aliphatic heterocycles. The summed E-state index contributed by atoms with van der Waals surface area (Å²) in [5.41, 5.74) is 1.64. The SMILES string of the molecule is CCCCCCCCOc1ccnc(-c2cc(OCCCCCCCC)ccn2)c1. The summed E-state index contributed by atoms with van der Waals surface area (Å²) in [4.78, 5) is 8.94. The van der Waals surface area contributed by atoms with Gasteiger partial charge in [-0.1, -0.05) is 78.1 Å². The second-order valence-corrected chi connectivity index (χ2v) is 7.99. The molecular weight excluding hydrogens is 372 g/mol. The van der Waals surface area contributed by atoms with E-state index in [1.54, 1.807) is 12.4 Å². The fourth-order valence-corrected chi connectivity index (χ4v) is 3.43. The number of unbranched alkanes of at least 4 members (excludes halogenated alkanes) is 10. The smallest absolute Gasteiger partial charge is 0.123 e. The first-order chi connectivity index (χ1) is 14.8. The summed E-state index contributed by atoms with van der Waals surface area (Å²) in [6, 6.07) is 7.77. The van der Waals surface area contributed by atoms with Crippen molar-refractivity contribution < 1.29 is 9.47 Å². The molecule has 0 spiro atoms. The molecule has 0 amide bonds. The van der Waals surface area contributed by atoms with Crippen molar-refractivity contribution in [2.45, 2.75) is 90.9 Å². The molecule has 4 nitrogen and oxygen atoms in total. The zero-order chi connectivity index (χ0) is 21.3. The molecule has 0 aliphatic carbocycles. The highest BCUT2D eigenvalue weighted by Gasteiger charge is 2.05. The number of hydrogen-bond donors (Lipinski definition) is 0. The molecule has 0 unspecified atom stereocenters. The van der Waals surface area contributed by atoms with Crippen LogP contribution in [-0.2, 0) is 0 Å². The van der Waals surface area contributed by atoms with Crippen LogP contribution in [0, 0.1) is 0 Å². The summed E-state index contributed by atoms with van der Waals surface area (Å²) in [6.45, 7) is 6.00. The molecule has 0 N–H and O–H groups in total. The van der Waals surface area contributed by atoms with Gasteiger partial charge >= 0.3 is 0 Å². The van der Waals surface area contributed by atoms with Gasteiger partial charge in [-0.2, -0.15) is 0 Å². The minimum atomic E-state index is 0.754. The summed E-state index contributed by atoms with van der Waals surface area (Å²) in [5, 5.41) is 0. The predicted octanol–water partition coefficient (Wildman–Crippen LogP) is 7.62. The van der Waals surface area contributed by atoms with Crippen LogP contribution < -0.4 is 9.47 Å². The van der Waals surface area contributed by atoms with E-state index in [0.29, 0.717) is 0 Å². The lowest BCUT2D eigenvalue weighted by molar-refractivity contribution is 0.303. The van der Waals surface area contributed by atoms with Gasteiger partial charge in [-0.25, -0.2) is 0 Å². The molecule has 0 atom stereocenters. The number of aromatic nitrogens is 2. The van der Waals surface area contributed by atoms with E-state index in [9.17, 15) is 0 Å². The third-order valence-corrected chi connectivity index (χ3v) is 5.26. The van der Waals surface area contributed by atoms with Gasteiger partial charge in [-0.3, -0.25) is 9.97 Å². The van der Waals surface area contributed by atoms with Gasteiger partial charge in [-0.15, -0.1) is 0 Å². The van der Waals surface area contributed by atoms with E-state index >= 15 is 0 Å². The van der Waals surface area contributed by atoms with Crippen molar-refractivity contribution in [1.82, 2.24) is 9.97 Å². The molecule has 30 heavy (non-hydrogen) atoms. The molecule has 0 aliphatic rings. The van der Waals surface area contributed by atoms with Gasteiger partial charge in [-0.05, 0) is 25.0 Å². The lowest BCUT2D eigenvalue weighted by atomic mass is 10.1. The van der Waals surface area contributed by atoms with Crippen LogP contribution in [0.25, 0.3) is 11.4 Å². The number of hydrogen-bond acceptors (Lipinski definition) is 4. The fraction of sp³-hybridized carbons (Fsp3) is 0.615. The maximum Gasteiger partial charge on any atom is 0.123 e. The number of pyridine rings is 2. The normalized spacial score (nSPS) is 10.9. The van der Waals surface area contributed by atoms with Crippen molar-refractivity contribution in [3.05, 3.63) is 36.7 Å². The molecule has 0 saturated heterocycles. The average Bonchev–Trinajstić information content (AvgIpc) is 2.78. The van der Waals surface area contributed by atoms with Crippen molar-refractivity contribution in [3.63, 3.8) is 0 Å². The summed E-state index contributed by atoms with van der Waals surface area (Å²) in [7, 11) is 0. The van der Waals surface area contributed by atoms with Crippen LogP contribution in [0.15, 0.2) is 36.7 Å². The molecule has 2 aromatic rings. The lowest BCUT2D eigenvalue weighted by Gasteiger charge is -2.09. The van der Waals surface area contributed by atoms with Crippen LogP contribution in [0.4, 0.5) is 0 Å². The largest absolute Gasteiger partial charge is 0.493 e. The summed E-state index contributed by atoms with van der Waals surface area (Å²) < 4.78 is 11.9. The van der Waals surface area contributed by atoms with Crippen LogP contribution in [0.5, 0.6) is 11.5 Å². The zero-order valence-corrected chi connectivity index (χ0v) is 19.1. The van der Waals surface area contributed by atoms with Crippen molar-refractivity contribution in [3.8, 4) is 22.9 Å². The van der Waals surface area contributed by atoms with E-state index in [1.165, 1.54) is 64.2 Å². The molecule has 0 radical (unpaired) electrons. The van der Waals surface area contributed by atoms with Crippen LogP contribution >= 0.6 is 0 Å². The van der Waals surface area contributed by atoms with Gasteiger partial charge in [0, 0.05) is 24.5 Å². The standard InChI is InChI=1S/C26H40N2O2/c1-3-5-7-9-11-13-19-29-23-15-17-27-25(21-23)26-22-24(16-18-28-26)30-20-14-12-10-8-6-4-2/h15-18,21-22H,3-14,19-20H2,1-2H3. The van der Waals surface area contributed by atoms with Crippen molar-refractivity contribution >= 4 is 0 Å². The predicted molar refractivity (Wildman–Crippen MR) is 125 cm³/mol. The monoisotopic (exact) mass is 412 g/mol. The Labute approximate surface area is 183 Å². The molecule has 0 aromatic carbocycles. The minimum Gasteiger partial charge on any atom is -0.493 e.